The molecule has 4 nitrogen and oxygen atoms in total. The van der Waals surface area contributed by atoms with Gasteiger partial charge in [0.05, 0.1) is 17.8 Å². The third-order valence-corrected chi connectivity index (χ3v) is 5.65. The number of aliphatic hydroxyl groups excluding tert-OH is 1. The number of aromatic nitrogens is 1. The molecule has 2 aromatic rings. The van der Waals surface area contributed by atoms with Crippen LogP contribution in [-0.2, 0) is 0 Å². The highest BCUT2D eigenvalue weighted by Crippen LogP contribution is 2.25. The average molecular weight is 346 g/mol. The smallest absolute Gasteiger partial charge is 0.110 e. The largest absolute Gasteiger partial charge is 0.393 e. The lowest BCUT2D eigenvalue weighted by molar-refractivity contribution is 0.0820. The Morgan fingerprint density at radius 3 is 2.79 bits per heavy atom. The lowest BCUT2D eigenvalue weighted by Crippen LogP contribution is -2.37. The molecule has 0 saturated carbocycles. The second-order valence-corrected chi connectivity index (χ2v) is 7.43. The Kier molecular flexibility index (Phi) is 6.37. The fourth-order valence-corrected chi connectivity index (χ4v) is 3.94. The molecule has 1 aliphatic heterocycles. The molecule has 1 unspecified atom stereocenters. The van der Waals surface area contributed by atoms with Crippen molar-refractivity contribution in [2.75, 3.05) is 26.2 Å². The molecule has 1 saturated heterocycles. The van der Waals surface area contributed by atoms with Crippen molar-refractivity contribution in [2.24, 2.45) is 0 Å². The zero-order valence-corrected chi connectivity index (χ0v) is 15.1. The first-order valence-corrected chi connectivity index (χ1v) is 9.75. The Morgan fingerprint density at radius 2 is 2.04 bits per heavy atom. The van der Waals surface area contributed by atoms with E-state index in [0.29, 0.717) is 0 Å². The minimum atomic E-state index is -0.0805. The van der Waals surface area contributed by atoms with Gasteiger partial charge in [0.1, 0.15) is 5.01 Å². The number of rotatable bonds is 7. The number of thiazole rings is 1. The molecule has 0 spiro atoms. The van der Waals surface area contributed by atoms with Crippen LogP contribution in [0.15, 0.2) is 35.7 Å². The van der Waals surface area contributed by atoms with Gasteiger partial charge in [-0.3, -0.25) is 0 Å². The van der Waals surface area contributed by atoms with Crippen molar-refractivity contribution in [3.8, 4) is 11.3 Å². The molecule has 1 fully saturated rings. The summed E-state index contributed by atoms with van der Waals surface area (Å²) < 4.78 is 0. The van der Waals surface area contributed by atoms with Gasteiger partial charge in [0.2, 0.25) is 0 Å². The van der Waals surface area contributed by atoms with Gasteiger partial charge in [-0.05, 0) is 39.3 Å². The third-order valence-electron chi connectivity index (χ3n) is 4.62. The molecular formula is C19H27N3OS. The van der Waals surface area contributed by atoms with E-state index in [9.17, 15) is 5.11 Å². The molecule has 130 valence electrons. The van der Waals surface area contributed by atoms with Gasteiger partial charge in [0.25, 0.3) is 0 Å². The summed E-state index contributed by atoms with van der Waals surface area (Å²) in [5, 5.41) is 16.4. The molecule has 1 aliphatic rings. The summed E-state index contributed by atoms with van der Waals surface area (Å²) in [6.45, 7) is 6.36. The Labute approximate surface area is 148 Å². The van der Waals surface area contributed by atoms with Crippen LogP contribution in [0.25, 0.3) is 11.3 Å². The number of nitrogens with zero attached hydrogens (tertiary/aromatic N) is 2. The van der Waals surface area contributed by atoms with E-state index in [1.807, 2.05) is 6.07 Å². The first-order valence-electron chi connectivity index (χ1n) is 8.87. The van der Waals surface area contributed by atoms with Gasteiger partial charge < -0.3 is 15.3 Å². The maximum atomic E-state index is 9.54. The standard InChI is InChI=1S/C19H27N3OS/c1-15(20-10-5-11-22-12-8-17(23)9-13-22)19-21-18(14-24-19)16-6-3-2-4-7-16/h2-4,6-7,14-15,17,20,23H,5,8-13H2,1H3. The summed E-state index contributed by atoms with van der Waals surface area (Å²) in [6.07, 6.45) is 2.90. The molecule has 5 heteroatoms. The Morgan fingerprint density at radius 1 is 1.29 bits per heavy atom. The van der Waals surface area contributed by atoms with Crippen LogP contribution >= 0.6 is 11.3 Å². The van der Waals surface area contributed by atoms with Crippen molar-refractivity contribution in [3.05, 3.63) is 40.7 Å². The van der Waals surface area contributed by atoms with E-state index in [-0.39, 0.29) is 12.1 Å². The van der Waals surface area contributed by atoms with Crippen molar-refractivity contribution in [1.82, 2.24) is 15.2 Å². The number of likely N-dealkylation sites (tertiary alicyclic amines) is 1. The van der Waals surface area contributed by atoms with Gasteiger partial charge in [-0.2, -0.15) is 0 Å². The summed E-state index contributed by atoms with van der Waals surface area (Å²) in [5.41, 5.74) is 2.25. The highest BCUT2D eigenvalue weighted by Gasteiger charge is 2.16. The number of hydrogen-bond acceptors (Lipinski definition) is 5. The number of piperidine rings is 1. The van der Waals surface area contributed by atoms with E-state index in [0.717, 1.165) is 56.1 Å². The lowest BCUT2D eigenvalue weighted by atomic mass is 10.1. The molecule has 2 heterocycles. The van der Waals surface area contributed by atoms with Gasteiger partial charge in [-0.15, -0.1) is 11.3 Å². The fraction of sp³-hybridized carbons (Fsp3) is 0.526. The highest BCUT2D eigenvalue weighted by atomic mass is 32.1. The monoisotopic (exact) mass is 345 g/mol. The molecule has 3 rings (SSSR count). The molecule has 1 aromatic carbocycles. The quantitative estimate of drug-likeness (QED) is 0.756. The molecule has 24 heavy (non-hydrogen) atoms. The van der Waals surface area contributed by atoms with E-state index in [1.165, 1.54) is 5.56 Å². The van der Waals surface area contributed by atoms with Crippen molar-refractivity contribution < 1.29 is 5.11 Å². The Balaban J connectivity index is 1.41. The number of benzene rings is 1. The van der Waals surface area contributed by atoms with Crippen LogP contribution < -0.4 is 5.32 Å². The van der Waals surface area contributed by atoms with Crippen LogP contribution in [0, 0.1) is 0 Å². The third kappa shape index (κ3) is 4.86. The van der Waals surface area contributed by atoms with E-state index >= 15 is 0 Å². The number of hydrogen-bond donors (Lipinski definition) is 2. The van der Waals surface area contributed by atoms with E-state index in [1.54, 1.807) is 11.3 Å². The Hall–Kier alpha value is -1.27. The van der Waals surface area contributed by atoms with Crippen LogP contribution in [-0.4, -0.2) is 47.3 Å². The first-order chi connectivity index (χ1) is 11.7. The maximum absolute atomic E-state index is 9.54. The van der Waals surface area contributed by atoms with Gasteiger partial charge in [-0.25, -0.2) is 4.98 Å². The summed E-state index contributed by atoms with van der Waals surface area (Å²) >= 11 is 1.73. The molecule has 1 atom stereocenters. The molecule has 0 bridgehead atoms. The van der Waals surface area contributed by atoms with E-state index < -0.39 is 0 Å². The maximum Gasteiger partial charge on any atom is 0.110 e. The Bertz CT molecular complexity index is 608. The van der Waals surface area contributed by atoms with Gasteiger partial charge in [0.15, 0.2) is 0 Å². The van der Waals surface area contributed by atoms with Gasteiger partial charge >= 0.3 is 0 Å². The summed E-state index contributed by atoms with van der Waals surface area (Å²) in [6, 6.07) is 10.6. The topological polar surface area (TPSA) is 48.4 Å². The molecule has 2 N–H and O–H groups in total. The van der Waals surface area contributed by atoms with Crippen LogP contribution in [0.2, 0.25) is 0 Å². The fourth-order valence-electron chi connectivity index (χ4n) is 3.08. The van der Waals surface area contributed by atoms with E-state index in [2.05, 4.69) is 46.8 Å². The normalized spacial score (nSPS) is 17.9. The molecular weight excluding hydrogens is 318 g/mol. The second kappa shape index (κ2) is 8.72. The summed E-state index contributed by atoms with van der Waals surface area (Å²) in [7, 11) is 0. The van der Waals surface area contributed by atoms with Gasteiger partial charge in [-0.1, -0.05) is 30.3 Å². The van der Waals surface area contributed by atoms with Crippen LogP contribution in [0.4, 0.5) is 0 Å². The number of nitrogens with one attached hydrogen (secondary N) is 1. The van der Waals surface area contributed by atoms with Crippen LogP contribution in [0.1, 0.15) is 37.2 Å². The van der Waals surface area contributed by atoms with Crippen LogP contribution in [0.5, 0.6) is 0 Å². The minimum absolute atomic E-state index is 0.0805. The molecule has 0 aliphatic carbocycles. The zero-order valence-electron chi connectivity index (χ0n) is 14.3. The van der Waals surface area contributed by atoms with Crippen molar-refractivity contribution in [1.29, 1.82) is 0 Å². The average Bonchev–Trinajstić information content (AvgIpc) is 3.11. The van der Waals surface area contributed by atoms with E-state index in [4.69, 9.17) is 4.98 Å². The summed E-state index contributed by atoms with van der Waals surface area (Å²) in [5.74, 6) is 0. The minimum Gasteiger partial charge on any atom is -0.393 e. The van der Waals surface area contributed by atoms with Crippen molar-refractivity contribution in [3.63, 3.8) is 0 Å². The molecule has 0 radical (unpaired) electrons. The van der Waals surface area contributed by atoms with Crippen molar-refractivity contribution in [2.45, 2.75) is 38.3 Å². The molecule has 0 amide bonds. The van der Waals surface area contributed by atoms with Gasteiger partial charge in [0, 0.05) is 24.0 Å². The number of aliphatic hydroxyl groups is 1. The highest BCUT2D eigenvalue weighted by molar-refractivity contribution is 7.10. The molecule has 1 aromatic heterocycles. The summed E-state index contributed by atoms with van der Waals surface area (Å²) in [4.78, 5) is 7.23. The predicted octanol–water partition coefficient (Wildman–Crippen LogP) is 3.31. The lowest BCUT2D eigenvalue weighted by Gasteiger charge is -2.29. The van der Waals surface area contributed by atoms with Crippen molar-refractivity contribution >= 4 is 11.3 Å². The SMILES string of the molecule is CC(NCCCN1CCC(O)CC1)c1nc(-c2ccccc2)cs1. The second-order valence-electron chi connectivity index (χ2n) is 6.54. The first kappa shape index (κ1) is 17.5. The zero-order chi connectivity index (χ0) is 16.8. The predicted molar refractivity (Wildman–Crippen MR) is 100 cm³/mol. The van der Waals surface area contributed by atoms with Crippen LogP contribution in [0.3, 0.4) is 0 Å².